The van der Waals surface area contributed by atoms with Crippen LogP contribution in [0.15, 0.2) is 18.2 Å². The number of halogens is 2. The summed E-state index contributed by atoms with van der Waals surface area (Å²) in [6, 6.07) is 6.22. The number of Topliss-reactive ketones (excluding diaryl/α,β-unsaturated/α-hetero) is 1. The Labute approximate surface area is 131 Å². The first kappa shape index (κ1) is 16.8. The molecular formula is C13H12Cl2N2O2S. The molecule has 1 rings (SSSR count). The number of benzene rings is 1. The summed E-state index contributed by atoms with van der Waals surface area (Å²) in [4.78, 5) is 23.9. The highest BCUT2D eigenvalue weighted by molar-refractivity contribution is 7.99. The molecule has 1 amide bonds. The minimum Gasteiger partial charge on any atom is -0.324 e. The van der Waals surface area contributed by atoms with Gasteiger partial charge in [0, 0.05) is 15.7 Å². The van der Waals surface area contributed by atoms with Gasteiger partial charge in [0.25, 0.3) is 0 Å². The number of hydrogen-bond donors (Lipinski definition) is 1. The molecule has 0 heterocycles. The van der Waals surface area contributed by atoms with E-state index in [1.54, 1.807) is 19.2 Å². The van der Waals surface area contributed by atoms with Crippen LogP contribution in [0.2, 0.25) is 10.0 Å². The molecule has 0 fully saturated rings. The Hall–Kier alpha value is -1.22. The minimum atomic E-state index is -1.35. The van der Waals surface area contributed by atoms with Crippen molar-refractivity contribution in [3.8, 4) is 6.07 Å². The van der Waals surface area contributed by atoms with Gasteiger partial charge < -0.3 is 5.32 Å². The molecule has 0 bridgehead atoms. The van der Waals surface area contributed by atoms with Gasteiger partial charge >= 0.3 is 0 Å². The van der Waals surface area contributed by atoms with Gasteiger partial charge in [-0.05, 0) is 31.4 Å². The van der Waals surface area contributed by atoms with Gasteiger partial charge in [0.2, 0.25) is 5.91 Å². The van der Waals surface area contributed by atoms with Crippen molar-refractivity contribution in [1.29, 1.82) is 5.26 Å². The van der Waals surface area contributed by atoms with Crippen molar-refractivity contribution in [3.63, 3.8) is 0 Å². The first-order valence-electron chi connectivity index (χ1n) is 5.62. The minimum absolute atomic E-state index is 0.345. The van der Waals surface area contributed by atoms with Crippen LogP contribution < -0.4 is 5.32 Å². The number of hydrogen-bond acceptors (Lipinski definition) is 4. The molecule has 0 saturated heterocycles. The quantitative estimate of drug-likeness (QED) is 0.840. The summed E-state index contributed by atoms with van der Waals surface area (Å²) in [7, 11) is 0. The highest BCUT2D eigenvalue weighted by Crippen LogP contribution is 2.23. The van der Waals surface area contributed by atoms with E-state index >= 15 is 0 Å². The number of carbonyl (C=O) groups excluding carboxylic acids is 2. The summed E-state index contributed by atoms with van der Waals surface area (Å²) in [5.41, 5.74) is 0.345. The van der Waals surface area contributed by atoms with Gasteiger partial charge in [-0.25, -0.2) is 0 Å². The Balaban J connectivity index is 2.88. The number of amides is 1. The third-order valence-electron chi connectivity index (χ3n) is 2.56. The molecule has 0 aliphatic rings. The Bertz CT molecular complexity index is 552. The summed E-state index contributed by atoms with van der Waals surface area (Å²) >= 11 is 12.9. The second kappa shape index (κ2) is 7.53. The lowest BCUT2D eigenvalue weighted by Crippen LogP contribution is -2.33. The van der Waals surface area contributed by atoms with E-state index in [-0.39, 0.29) is 0 Å². The van der Waals surface area contributed by atoms with Gasteiger partial charge in [-0.3, -0.25) is 9.59 Å². The van der Waals surface area contributed by atoms with E-state index in [9.17, 15) is 9.59 Å². The van der Waals surface area contributed by atoms with Crippen LogP contribution in [0.5, 0.6) is 0 Å². The van der Waals surface area contributed by atoms with Gasteiger partial charge in [0.15, 0.2) is 11.7 Å². The molecule has 0 aliphatic carbocycles. The molecule has 20 heavy (non-hydrogen) atoms. The zero-order valence-electron chi connectivity index (χ0n) is 10.8. The fourth-order valence-electron chi connectivity index (χ4n) is 1.44. The molecule has 106 valence electrons. The van der Waals surface area contributed by atoms with Crippen molar-refractivity contribution < 1.29 is 9.59 Å². The van der Waals surface area contributed by atoms with Crippen LogP contribution in [-0.4, -0.2) is 23.2 Å². The Morgan fingerprint density at radius 2 is 1.85 bits per heavy atom. The van der Waals surface area contributed by atoms with E-state index in [1.807, 2.05) is 0 Å². The molecule has 0 aromatic heterocycles. The predicted octanol–water partition coefficient (Wildman–Crippen LogP) is 3.39. The van der Waals surface area contributed by atoms with Crippen molar-refractivity contribution in [2.75, 3.05) is 11.6 Å². The van der Waals surface area contributed by atoms with Crippen LogP contribution >= 0.6 is 35.0 Å². The highest BCUT2D eigenvalue weighted by atomic mass is 35.5. The van der Waals surface area contributed by atoms with Crippen LogP contribution in [-0.2, 0) is 9.59 Å². The molecule has 0 saturated carbocycles. The summed E-state index contributed by atoms with van der Waals surface area (Å²) in [5, 5.41) is 11.8. The molecule has 1 aromatic rings. The molecule has 0 radical (unpaired) electrons. The van der Waals surface area contributed by atoms with Gasteiger partial charge in [0.1, 0.15) is 0 Å². The molecule has 7 heteroatoms. The zero-order valence-corrected chi connectivity index (χ0v) is 13.1. The number of nitriles is 1. The van der Waals surface area contributed by atoms with E-state index < -0.39 is 22.9 Å². The SMILES string of the molecule is CS[C@@H](C)C(=O)[C@H](C#N)C(=O)Nc1cc(Cl)cc(Cl)c1. The average Bonchev–Trinajstić information content (AvgIpc) is 2.37. The molecule has 1 N–H and O–H groups in total. The maximum absolute atomic E-state index is 12.0. The van der Waals surface area contributed by atoms with E-state index in [2.05, 4.69) is 5.32 Å². The fraction of sp³-hybridized carbons (Fsp3) is 0.308. The second-order valence-electron chi connectivity index (χ2n) is 3.99. The molecule has 2 atom stereocenters. The first-order valence-corrected chi connectivity index (χ1v) is 7.66. The second-order valence-corrected chi connectivity index (χ2v) is 6.04. The lowest BCUT2D eigenvalue weighted by Gasteiger charge is -2.13. The summed E-state index contributed by atoms with van der Waals surface area (Å²) in [5.74, 6) is -2.46. The van der Waals surface area contributed by atoms with Crippen LogP contribution in [0.25, 0.3) is 0 Å². The van der Waals surface area contributed by atoms with E-state index in [1.165, 1.54) is 30.0 Å². The fourth-order valence-corrected chi connectivity index (χ4v) is 2.34. The van der Waals surface area contributed by atoms with Gasteiger partial charge in [-0.15, -0.1) is 0 Å². The van der Waals surface area contributed by atoms with Crippen molar-refractivity contribution in [1.82, 2.24) is 0 Å². The molecule has 4 nitrogen and oxygen atoms in total. The number of anilines is 1. The normalized spacial score (nSPS) is 13.2. The van der Waals surface area contributed by atoms with Crippen molar-refractivity contribution >= 4 is 52.3 Å². The number of nitrogens with zero attached hydrogens (tertiary/aromatic N) is 1. The Morgan fingerprint density at radius 3 is 2.30 bits per heavy atom. The molecule has 0 aliphatic heterocycles. The molecular weight excluding hydrogens is 319 g/mol. The highest BCUT2D eigenvalue weighted by Gasteiger charge is 2.30. The standard InChI is InChI=1S/C13H12Cl2N2O2S/c1-7(20-2)12(18)11(6-16)13(19)17-10-4-8(14)3-9(15)5-10/h3-5,7,11H,1-2H3,(H,17,19)/t7-,11-/m0/s1. The predicted molar refractivity (Wildman–Crippen MR) is 82.2 cm³/mol. The first-order chi connectivity index (χ1) is 9.38. The number of carbonyl (C=O) groups is 2. The molecule has 0 unspecified atom stereocenters. The Kier molecular flexibility index (Phi) is 6.34. The van der Waals surface area contributed by atoms with E-state index in [0.717, 1.165) is 0 Å². The van der Waals surface area contributed by atoms with Gasteiger partial charge in [0.05, 0.1) is 11.3 Å². The number of nitrogens with one attached hydrogen (secondary N) is 1. The Morgan fingerprint density at radius 1 is 1.30 bits per heavy atom. The number of ketones is 1. The number of rotatable bonds is 5. The molecule has 1 aromatic carbocycles. The summed E-state index contributed by atoms with van der Waals surface area (Å²) in [6.45, 7) is 1.65. The largest absolute Gasteiger partial charge is 0.324 e. The zero-order chi connectivity index (χ0) is 15.3. The van der Waals surface area contributed by atoms with Crippen LogP contribution in [0.1, 0.15) is 6.92 Å². The summed E-state index contributed by atoms with van der Waals surface area (Å²) < 4.78 is 0. The lowest BCUT2D eigenvalue weighted by molar-refractivity contribution is -0.128. The maximum Gasteiger partial charge on any atom is 0.249 e. The third-order valence-corrected chi connectivity index (χ3v) is 3.94. The van der Waals surface area contributed by atoms with Crippen molar-refractivity contribution in [2.24, 2.45) is 5.92 Å². The summed E-state index contributed by atoms with van der Waals surface area (Å²) in [6.07, 6.45) is 1.74. The van der Waals surface area contributed by atoms with Crippen LogP contribution in [0.4, 0.5) is 5.69 Å². The third kappa shape index (κ3) is 4.41. The van der Waals surface area contributed by atoms with Crippen LogP contribution in [0.3, 0.4) is 0 Å². The van der Waals surface area contributed by atoms with E-state index in [4.69, 9.17) is 28.5 Å². The van der Waals surface area contributed by atoms with Crippen LogP contribution in [0, 0.1) is 17.2 Å². The van der Waals surface area contributed by atoms with Gasteiger partial charge in [-0.2, -0.15) is 17.0 Å². The number of thioether (sulfide) groups is 1. The van der Waals surface area contributed by atoms with Crippen molar-refractivity contribution in [2.45, 2.75) is 12.2 Å². The smallest absolute Gasteiger partial charge is 0.249 e. The lowest BCUT2D eigenvalue weighted by atomic mass is 10.0. The van der Waals surface area contributed by atoms with Gasteiger partial charge in [-0.1, -0.05) is 23.2 Å². The van der Waals surface area contributed by atoms with Crippen molar-refractivity contribution in [3.05, 3.63) is 28.2 Å². The topological polar surface area (TPSA) is 70.0 Å². The average molecular weight is 331 g/mol. The van der Waals surface area contributed by atoms with E-state index in [0.29, 0.717) is 15.7 Å². The monoisotopic (exact) mass is 330 g/mol. The maximum atomic E-state index is 12.0. The molecule has 0 spiro atoms.